The van der Waals surface area contributed by atoms with Crippen LogP contribution in [0.25, 0.3) is 10.9 Å². The highest BCUT2D eigenvalue weighted by atomic mass is 32.1. The molecule has 3 aliphatic heterocycles. The van der Waals surface area contributed by atoms with Crippen molar-refractivity contribution in [2.24, 2.45) is 0 Å². The number of methoxy groups -OCH3 is 1. The van der Waals surface area contributed by atoms with Gasteiger partial charge in [0.05, 0.1) is 30.1 Å². The molecule has 256 valence electrons. The number of rotatable bonds is 7. The first-order chi connectivity index (χ1) is 23.5. The van der Waals surface area contributed by atoms with Gasteiger partial charge in [-0.3, -0.25) is 34.2 Å². The molecule has 0 saturated carbocycles. The second kappa shape index (κ2) is 13.1. The Bertz CT molecular complexity index is 1940. The van der Waals surface area contributed by atoms with Gasteiger partial charge in [0.2, 0.25) is 11.8 Å². The van der Waals surface area contributed by atoms with Crippen LogP contribution in [0.15, 0.2) is 60.8 Å². The van der Waals surface area contributed by atoms with Crippen molar-refractivity contribution in [1.29, 1.82) is 0 Å². The lowest BCUT2D eigenvalue weighted by Crippen LogP contribution is -2.51. The minimum atomic E-state index is -4.57. The maximum atomic E-state index is 13.3. The monoisotopic (exact) mass is 692 g/mol. The Balaban J connectivity index is 1.01. The molecule has 2 atom stereocenters. The minimum absolute atomic E-state index is 0.119. The lowest BCUT2D eigenvalue weighted by Gasteiger charge is -2.32. The quantitative estimate of drug-likeness (QED) is 0.169. The second-order valence-corrected chi connectivity index (χ2v) is 13.3. The third-order valence-electron chi connectivity index (χ3n) is 9.67. The first-order valence-corrected chi connectivity index (χ1v) is 16.7. The maximum absolute atomic E-state index is 13.3. The average molecular weight is 693 g/mol. The molecule has 0 spiro atoms. The number of ether oxygens (including phenoxy) is 1. The van der Waals surface area contributed by atoms with Gasteiger partial charge in [-0.2, -0.15) is 30.9 Å². The summed E-state index contributed by atoms with van der Waals surface area (Å²) in [6.07, 6.45) is -0.117. The molecule has 4 aromatic rings. The van der Waals surface area contributed by atoms with E-state index in [1.165, 1.54) is 24.8 Å². The number of likely N-dealkylation sites (tertiary alicyclic amines) is 1. The average Bonchev–Trinajstić information content (AvgIpc) is 3.66. The first kappa shape index (κ1) is 33.1. The summed E-state index contributed by atoms with van der Waals surface area (Å²) in [5.41, 5.74) is 3.18. The Kier molecular flexibility index (Phi) is 8.88. The van der Waals surface area contributed by atoms with Crippen molar-refractivity contribution in [2.45, 2.75) is 62.4 Å². The minimum Gasteiger partial charge on any atom is -0.494 e. The summed E-state index contributed by atoms with van der Waals surface area (Å²) < 4.78 is 47.2. The molecular formula is C35H35F3N6O4S. The number of alkyl halides is 3. The molecule has 3 aliphatic rings. The number of nitrogens with zero attached hydrogens (tertiary/aromatic N) is 4. The number of amides is 3. The fourth-order valence-electron chi connectivity index (χ4n) is 7.08. The van der Waals surface area contributed by atoms with E-state index in [4.69, 9.17) is 22.5 Å². The molecule has 7 rings (SSSR count). The summed E-state index contributed by atoms with van der Waals surface area (Å²) in [5, 5.41) is 10.6. The predicted molar refractivity (Wildman–Crippen MR) is 179 cm³/mol. The van der Waals surface area contributed by atoms with Crippen LogP contribution in [0.5, 0.6) is 5.75 Å². The highest BCUT2D eigenvalue weighted by molar-refractivity contribution is 7.80. The highest BCUT2D eigenvalue weighted by Crippen LogP contribution is 2.40. The number of imide groups is 1. The molecule has 49 heavy (non-hydrogen) atoms. The molecular weight excluding hydrogens is 657 g/mol. The van der Waals surface area contributed by atoms with Crippen molar-refractivity contribution >= 4 is 46.9 Å². The summed E-state index contributed by atoms with van der Waals surface area (Å²) in [7, 11) is 1.46. The summed E-state index contributed by atoms with van der Waals surface area (Å²) in [4.78, 5) is 41.7. The van der Waals surface area contributed by atoms with Crippen molar-refractivity contribution < 1.29 is 32.3 Å². The molecule has 0 bridgehead atoms. The Morgan fingerprint density at radius 2 is 1.88 bits per heavy atom. The van der Waals surface area contributed by atoms with Crippen molar-refractivity contribution in [2.75, 3.05) is 25.5 Å². The fourth-order valence-corrected chi connectivity index (χ4v) is 7.57. The third kappa shape index (κ3) is 6.64. The summed E-state index contributed by atoms with van der Waals surface area (Å²) in [5.74, 6) is -0.829. The molecule has 3 aromatic carbocycles. The van der Waals surface area contributed by atoms with Crippen LogP contribution in [0.2, 0.25) is 0 Å². The van der Waals surface area contributed by atoms with Crippen LogP contribution >= 0.6 is 12.6 Å². The van der Waals surface area contributed by atoms with Crippen LogP contribution in [-0.2, 0) is 28.9 Å². The molecule has 0 aliphatic carbocycles. The molecule has 10 nitrogen and oxygen atoms in total. The van der Waals surface area contributed by atoms with Gasteiger partial charge >= 0.3 is 6.18 Å². The number of hydrogen-bond acceptors (Lipinski definition) is 8. The normalized spacial score (nSPS) is 20.8. The van der Waals surface area contributed by atoms with Gasteiger partial charge in [0.15, 0.2) is 0 Å². The van der Waals surface area contributed by atoms with Gasteiger partial charge in [-0.1, -0.05) is 24.3 Å². The van der Waals surface area contributed by atoms with Gasteiger partial charge in [0.1, 0.15) is 17.0 Å². The SMILES string of the molecule is COc1ccc2cn(C3CCN(Cc4ccc5c(c4)CN(C4CCC(=O)NC4=O)C5S)CC3)nc2c1NC(=O)c1cccc(C(F)(F)F)c1. The van der Waals surface area contributed by atoms with Gasteiger partial charge in [-0.25, -0.2) is 0 Å². The van der Waals surface area contributed by atoms with Gasteiger partial charge < -0.3 is 10.1 Å². The van der Waals surface area contributed by atoms with Gasteiger partial charge in [-0.15, -0.1) is 0 Å². The fraction of sp³-hybridized carbons (Fsp3) is 0.371. The van der Waals surface area contributed by atoms with Crippen molar-refractivity contribution in [1.82, 2.24) is 24.9 Å². The van der Waals surface area contributed by atoms with E-state index in [0.29, 0.717) is 36.3 Å². The number of piperidine rings is 2. The van der Waals surface area contributed by atoms with Crippen LogP contribution in [-0.4, -0.2) is 63.5 Å². The van der Waals surface area contributed by atoms with Gasteiger partial charge in [0.25, 0.3) is 5.91 Å². The van der Waals surface area contributed by atoms with Gasteiger partial charge in [-0.05, 0) is 66.3 Å². The number of fused-ring (bicyclic) bond motifs is 2. The number of nitrogens with one attached hydrogen (secondary N) is 2. The smallest absolute Gasteiger partial charge is 0.416 e. The van der Waals surface area contributed by atoms with Crippen LogP contribution in [0.1, 0.15) is 69.7 Å². The summed E-state index contributed by atoms with van der Waals surface area (Å²) in [6.45, 7) is 3.07. The number of benzene rings is 3. The molecule has 3 amide bonds. The van der Waals surface area contributed by atoms with Crippen molar-refractivity contribution in [3.05, 3.63) is 88.6 Å². The number of halogens is 3. The summed E-state index contributed by atoms with van der Waals surface area (Å²) >= 11 is 4.81. The van der Waals surface area contributed by atoms with E-state index >= 15 is 0 Å². The van der Waals surface area contributed by atoms with E-state index in [-0.39, 0.29) is 34.8 Å². The van der Waals surface area contributed by atoms with E-state index in [2.05, 4.69) is 38.6 Å². The van der Waals surface area contributed by atoms with E-state index < -0.39 is 17.6 Å². The lowest BCUT2D eigenvalue weighted by molar-refractivity contribution is -0.138. The zero-order valence-corrected chi connectivity index (χ0v) is 27.6. The predicted octanol–water partition coefficient (Wildman–Crippen LogP) is 5.70. The van der Waals surface area contributed by atoms with Crippen LogP contribution in [0, 0.1) is 0 Å². The van der Waals surface area contributed by atoms with Crippen LogP contribution in [0.3, 0.4) is 0 Å². The number of thiol groups is 1. The molecule has 4 heterocycles. The molecule has 0 radical (unpaired) electrons. The van der Waals surface area contributed by atoms with Crippen molar-refractivity contribution in [3.8, 4) is 5.75 Å². The van der Waals surface area contributed by atoms with E-state index in [1.807, 2.05) is 16.9 Å². The van der Waals surface area contributed by atoms with Crippen molar-refractivity contribution in [3.63, 3.8) is 0 Å². The molecule has 2 fully saturated rings. The number of anilines is 1. The number of carbonyl (C=O) groups excluding carboxylic acids is 3. The zero-order valence-electron chi connectivity index (χ0n) is 26.7. The summed E-state index contributed by atoms with van der Waals surface area (Å²) in [6, 6.07) is 14.0. The second-order valence-electron chi connectivity index (χ2n) is 12.8. The third-order valence-corrected chi connectivity index (χ3v) is 10.2. The van der Waals surface area contributed by atoms with E-state index in [1.54, 1.807) is 6.07 Å². The molecule has 2 unspecified atom stereocenters. The van der Waals surface area contributed by atoms with E-state index in [9.17, 15) is 27.6 Å². The van der Waals surface area contributed by atoms with Crippen LogP contribution in [0.4, 0.5) is 18.9 Å². The zero-order chi connectivity index (χ0) is 34.4. The molecule has 1 aromatic heterocycles. The molecule has 2 saturated heterocycles. The Morgan fingerprint density at radius 1 is 1.08 bits per heavy atom. The molecule has 2 N–H and O–H groups in total. The van der Waals surface area contributed by atoms with Gasteiger partial charge in [0, 0.05) is 49.7 Å². The Hall–Kier alpha value is -4.40. The number of aromatic nitrogens is 2. The maximum Gasteiger partial charge on any atom is 0.416 e. The number of hydrogen-bond donors (Lipinski definition) is 3. The first-order valence-electron chi connectivity index (χ1n) is 16.1. The largest absolute Gasteiger partial charge is 0.494 e. The Morgan fingerprint density at radius 3 is 2.61 bits per heavy atom. The lowest BCUT2D eigenvalue weighted by atomic mass is 10.0. The van der Waals surface area contributed by atoms with E-state index in [0.717, 1.165) is 61.1 Å². The standard InChI is InChI=1S/C35H35F3N6O4S/c1-48-28-9-6-22-19-44(41-30(22)31(28)40-32(46)21-3-2-4-24(16-21)35(36,37)38)25-11-13-42(14-12-25)17-20-5-7-26-23(15-20)18-43(34(26)49)27-8-10-29(45)39-33(27)47/h2-7,9,15-16,19,25,27,34,49H,8,10-14,17-18H2,1H3,(H,40,46)(H,39,45,47). The Labute approximate surface area is 286 Å². The molecule has 14 heteroatoms. The number of carbonyl (C=O) groups is 3. The highest BCUT2D eigenvalue weighted by Gasteiger charge is 2.39. The van der Waals surface area contributed by atoms with Crippen LogP contribution < -0.4 is 15.4 Å². The topological polar surface area (TPSA) is 109 Å².